The van der Waals surface area contributed by atoms with Gasteiger partial charge in [-0.2, -0.15) is 0 Å². The Hall–Kier alpha value is -1.18. The van der Waals surface area contributed by atoms with Gasteiger partial charge < -0.3 is 10.2 Å². The zero-order valence-electron chi connectivity index (χ0n) is 12.8. The molecular weight excluding hydrogens is 378 g/mol. The van der Waals surface area contributed by atoms with Crippen LogP contribution in [-0.2, 0) is 9.84 Å². The quantitative estimate of drug-likeness (QED) is 0.785. The highest BCUT2D eigenvalue weighted by Crippen LogP contribution is 2.20. The lowest BCUT2D eigenvalue weighted by Crippen LogP contribution is -2.41. The van der Waals surface area contributed by atoms with Crippen molar-refractivity contribution < 1.29 is 8.42 Å². The van der Waals surface area contributed by atoms with Crippen LogP contribution in [0.4, 0.5) is 5.82 Å². The Labute approximate surface area is 145 Å². The Morgan fingerprint density at radius 3 is 2.74 bits per heavy atom. The van der Waals surface area contributed by atoms with E-state index in [1.54, 1.807) is 0 Å². The van der Waals surface area contributed by atoms with Gasteiger partial charge in [0, 0.05) is 29.5 Å². The average Bonchev–Trinajstić information content (AvgIpc) is 2.53. The third-order valence-corrected chi connectivity index (χ3v) is 6.15. The molecule has 7 heteroatoms. The maximum Gasteiger partial charge on any atom is 0.152 e. The van der Waals surface area contributed by atoms with Crippen LogP contribution in [0, 0.1) is 0 Å². The van der Waals surface area contributed by atoms with Gasteiger partial charge in [0.15, 0.2) is 9.84 Å². The van der Waals surface area contributed by atoms with Crippen LogP contribution in [0.1, 0.15) is 6.42 Å². The second-order valence-electron chi connectivity index (χ2n) is 5.81. The summed E-state index contributed by atoms with van der Waals surface area (Å²) in [6, 6.07) is 10.1. The Kier molecular flexibility index (Phi) is 5.18. The molecule has 124 valence electrons. The number of rotatable bonds is 5. The molecule has 1 aliphatic heterocycles. The van der Waals surface area contributed by atoms with Crippen LogP contribution in [0.15, 0.2) is 34.8 Å². The van der Waals surface area contributed by atoms with Gasteiger partial charge in [0.05, 0.1) is 17.0 Å². The van der Waals surface area contributed by atoms with Gasteiger partial charge in [0.1, 0.15) is 5.82 Å². The largest absolute Gasteiger partial charge is 0.370 e. The molecule has 0 radical (unpaired) electrons. The molecule has 1 aromatic carbocycles. The minimum atomic E-state index is -2.78. The van der Waals surface area contributed by atoms with E-state index in [-0.39, 0.29) is 0 Å². The molecule has 0 unspecified atom stereocenters. The normalized spacial score (nSPS) is 18.1. The smallest absolute Gasteiger partial charge is 0.152 e. The monoisotopic (exact) mass is 397 g/mol. The second kappa shape index (κ2) is 7.15. The maximum absolute atomic E-state index is 11.4. The summed E-state index contributed by atoms with van der Waals surface area (Å²) in [6.07, 6.45) is 0.972. The number of hydrogen-bond donors (Lipinski definition) is 1. The van der Waals surface area contributed by atoms with Crippen LogP contribution in [0.5, 0.6) is 0 Å². The summed E-state index contributed by atoms with van der Waals surface area (Å²) in [5, 5.41) is 4.45. The Morgan fingerprint density at radius 2 is 1.96 bits per heavy atom. The number of nitrogens with one attached hydrogen (secondary N) is 1. The molecule has 3 rings (SSSR count). The second-order valence-corrected chi connectivity index (χ2v) is 9.03. The minimum absolute atomic E-state index is 0.294. The molecule has 1 saturated heterocycles. The van der Waals surface area contributed by atoms with Gasteiger partial charge >= 0.3 is 0 Å². The van der Waals surface area contributed by atoms with Crippen molar-refractivity contribution in [2.45, 2.75) is 6.42 Å². The van der Waals surface area contributed by atoms with Crippen LogP contribution in [0.3, 0.4) is 0 Å². The van der Waals surface area contributed by atoms with Crippen molar-refractivity contribution in [2.75, 3.05) is 43.0 Å². The van der Waals surface area contributed by atoms with E-state index in [9.17, 15) is 8.42 Å². The molecule has 1 aromatic heterocycles. The van der Waals surface area contributed by atoms with Gasteiger partial charge in [-0.15, -0.1) is 0 Å². The van der Waals surface area contributed by atoms with Gasteiger partial charge in [0.2, 0.25) is 0 Å². The van der Waals surface area contributed by atoms with E-state index in [4.69, 9.17) is 0 Å². The van der Waals surface area contributed by atoms with Crippen molar-refractivity contribution in [1.82, 2.24) is 9.88 Å². The lowest BCUT2D eigenvalue weighted by molar-refractivity contribution is 0.294. The van der Waals surface area contributed by atoms with E-state index in [0.717, 1.165) is 40.7 Å². The van der Waals surface area contributed by atoms with Gasteiger partial charge in [-0.3, -0.25) is 0 Å². The first kappa shape index (κ1) is 16.7. The molecule has 1 fully saturated rings. The van der Waals surface area contributed by atoms with Gasteiger partial charge in [-0.25, -0.2) is 13.4 Å². The predicted molar refractivity (Wildman–Crippen MR) is 97.6 cm³/mol. The fraction of sp³-hybridized carbons (Fsp3) is 0.438. The first-order valence-electron chi connectivity index (χ1n) is 7.75. The van der Waals surface area contributed by atoms with Crippen LogP contribution in [0.25, 0.3) is 10.9 Å². The number of aromatic nitrogens is 1. The molecule has 0 saturated carbocycles. The minimum Gasteiger partial charge on any atom is -0.370 e. The topological polar surface area (TPSA) is 62.3 Å². The zero-order valence-corrected chi connectivity index (χ0v) is 15.2. The van der Waals surface area contributed by atoms with Crippen LogP contribution in [-0.4, -0.2) is 56.0 Å². The van der Waals surface area contributed by atoms with E-state index >= 15 is 0 Å². The molecular formula is C16H20BrN3O2S. The third kappa shape index (κ3) is 4.65. The summed E-state index contributed by atoms with van der Waals surface area (Å²) in [4.78, 5) is 6.81. The number of benzene rings is 1. The summed E-state index contributed by atoms with van der Waals surface area (Å²) < 4.78 is 23.8. The number of fused-ring (bicyclic) bond motifs is 1. The molecule has 0 amide bonds. The predicted octanol–water partition coefficient (Wildman–Crippen LogP) is 2.53. The number of anilines is 1. The molecule has 0 spiro atoms. The molecule has 1 aliphatic rings. The Bertz CT molecular complexity index is 781. The third-order valence-electron chi connectivity index (χ3n) is 4.05. The Morgan fingerprint density at radius 1 is 1.17 bits per heavy atom. The molecule has 5 nitrogen and oxygen atoms in total. The Balaban J connectivity index is 1.46. The van der Waals surface area contributed by atoms with E-state index in [1.807, 2.05) is 18.2 Å². The van der Waals surface area contributed by atoms with E-state index in [1.165, 1.54) is 0 Å². The van der Waals surface area contributed by atoms with Crippen molar-refractivity contribution in [2.24, 2.45) is 0 Å². The van der Waals surface area contributed by atoms with Gasteiger partial charge in [0.25, 0.3) is 0 Å². The number of pyridine rings is 1. The SMILES string of the molecule is O=S1(=O)CCN(CCCNc2ccc3cc(Br)ccc3n2)CC1. The summed E-state index contributed by atoms with van der Waals surface area (Å²) in [5.74, 6) is 1.46. The molecule has 0 aliphatic carbocycles. The lowest BCUT2D eigenvalue weighted by atomic mass is 10.2. The standard InChI is InChI=1S/C16H20BrN3O2S/c17-14-3-4-15-13(12-14)2-5-16(19-15)18-6-1-7-20-8-10-23(21,22)11-9-20/h2-5,12H,1,6-11H2,(H,18,19). The summed E-state index contributed by atoms with van der Waals surface area (Å²) in [6.45, 7) is 3.07. The highest BCUT2D eigenvalue weighted by atomic mass is 79.9. The fourth-order valence-electron chi connectivity index (χ4n) is 2.69. The number of hydrogen-bond acceptors (Lipinski definition) is 5. The van der Waals surface area contributed by atoms with E-state index in [2.05, 4.69) is 43.3 Å². The number of sulfone groups is 1. The zero-order chi connectivity index (χ0) is 16.3. The molecule has 0 bridgehead atoms. The van der Waals surface area contributed by atoms with Crippen LogP contribution < -0.4 is 5.32 Å². The molecule has 2 heterocycles. The summed E-state index contributed by atoms with van der Waals surface area (Å²) in [5.41, 5.74) is 0.972. The van der Waals surface area contributed by atoms with Gasteiger partial charge in [-0.1, -0.05) is 15.9 Å². The number of nitrogens with zero attached hydrogens (tertiary/aromatic N) is 2. The van der Waals surface area contributed by atoms with Crippen LogP contribution in [0.2, 0.25) is 0 Å². The molecule has 23 heavy (non-hydrogen) atoms. The van der Waals surface area contributed by atoms with E-state index < -0.39 is 9.84 Å². The van der Waals surface area contributed by atoms with Crippen molar-refractivity contribution in [3.05, 3.63) is 34.8 Å². The molecule has 0 atom stereocenters. The van der Waals surface area contributed by atoms with Crippen molar-refractivity contribution in [1.29, 1.82) is 0 Å². The average molecular weight is 398 g/mol. The van der Waals surface area contributed by atoms with Crippen molar-refractivity contribution in [3.63, 3.8) is 0 Å². The molecule has 1 N–H and O–H groups in total. The molecule has 2 aromatic rings. The highest BCUT2D eigenvalue weighted by molar-refractivity contribution is 9.10. The maximum atomic E-state index is 11.4. The highest BCUT2D eigenvalue weighted by Gasteiger charge is 2.20. The first-order chi connectivity index (χ1) is 11.0. The van der Waals surface area contributed by atoms with Gasteiger partial charge in [-0.05, 0) is 43.3 Å². The fourth-order valence-corrected chi connectivity index (χ4v) is 4.34. The van der Waals surface area contributed by atoms with Crippen molar-refractivity contribution >= 4 is 42.5 Å². The number of halogens is 1. The first-order valence-corrected chi connectivity index (χ1v) is 10.4. The summed E-state index contributed by atoms with van der Waals surface area (Å²) >= 11 is 3.46. The van der Waals surface area contributed by atoms with Crippen LogP contribution >= 0.6 is 15.9 Å². The van der Waals surface area contributed by atoms with Crippen molar-refractivity contribution in [3.8, 4) is 0 Å². The van der Waals surface area contributed by atoms with E-state index in [0.29, 0.717) is 24.6 Å². The summed E-state index contributed by atoms with van der Waals surface area (Å²) in [7, 11) is -2.78. The lowest BCUT2D eigenvalue weighted by Gasteiger charge is -2.26.